The molecule has 0 aliphatic carbocycles. The quantitative estimate of drug-likeness (QED) is 0.589. The molecule has 1 aromatic rings. The summed E-state index contributed by atoms with van der Waals surface area (Å²) < 4.78 is 5.43. The Morgan fingerprint density at radius 2 is 2.13 bits per heavy atom. The van der Waals surface area contributed by atoms with Gasteiger partial charge in [-0.25, -0.2) is 0 Å². The maximum atomic E-state index is 5.43. The SMILES string of the molecule is CCOc1ccc(NC(=S)NCCCN2CCC[C@H](C)C2)cc1. The van der Waals surface area contributed by atoms with E-state index in [9.17, 15) is 0 Å². The number of likely N-dealkylation sites (tertiary alicyclic amines) is 1. The van der Waals surface area contributed by atoms with Gasteiger partial charge in [0, 0.05) is 18.8 Å². The van der Waals surface area contributed by atoms with Crippen LogP contribution >= 0.6 is 12.2 Å². The Balaban J connectivity index is 1.61. The fourth-order valence-corrected chi connectivity index (χ4v) is 3.19. The van der Waals surface area contributed by atoms with Gasteiger partial charge in [-0.15, -0.1) is 0 Å². The molecule has 1 saturated heterocycles. The minimum absolute atomic E-state index is 0.682. The smallest absolute Gasteiger partial charge is 0.170 e. The lowest BCUT2D eigenvalue weighted by molar-refractivity contribution is 0.182. The van der Waals surface area contributed by atoms with Crippen LogP contribution in [-0.4, -0.2) is 42.8 Å². The maximum absolute atomic E-state index is 5.43. The molecule has 1 fully saturated rings. The molecular weight excluding hydrogens is 306 g/mol. The topological polar surface area (TPSA) is 36.5 Å². The minimum Gasteiger partial charge on any atom is -0.494 e. The summed E-state index contributed by atoms with van der Waals surface area (Å²) in [5.41, 5.74) is 0.982. The third-order valence-corrected chi connectivity index (χ3v) is 4.35. The van der Waals surface area contributed by atoms with Crippen LogP contribution in [0.2, 0.25) is 0 Å². The molecule has 0 aromatic heterocycles. The highest BCUT2D eigenvalue weighted by atomic mass is 32.1. The van der Waals surface area contributed by atoms with Gasteiger partial charge in [-0.1, -0.05) is 6.92 Å². The lowest BCUT2D eigenvalue weighted by Crippen LogP contribution is -2.37. The highest BCUT2D eigenvalue weighted by Gasteiger charge is 2.15. The van der Waals surface area contributed by atoms with Gasteiger partial charge in [-0.05, 0) is 81.7 Å². The zero-order valence-electron chi connectivity index (χ0n) is 14.3. The van der Waals surface area contributed by atoms with Crippen molar-refractivity contribution in [1.29, 1.82) is 0 Å². The monoisotopic (exact) mass is 335 g/mol. The number of ether oxygens (including phenoxy) is 1. The molecular formula is C18H29N3OS. The van der Waals surface area contributed by atoms with Crippen LogP contribution in [-0.2, 0) is 0 Å². The van der Waals surface area contributed by atoms with Crippen LogP contribution in [0, 0.1) is 5.92 Å². The predicted molar refractivity (Wildman–Crippen MR) is 101 cm³/mol. The van der Waals surface area contributed by atoms with Crippen molar-refractivity contribution in [3.05, 3.63) is 24.3 Å². The Kier molecular flexibility index (Phi) is 7.62. The largest absolute Gasteiger partial charge is 0.494 e. The lowest BCUT2D eigenvalue weighted by Gasteiger charge is -2.30. The zero-order valence-corrected chi connectivity index (χ0v) is 15.1. The van der Waals surface area contributed by atoms with E-state index in [2.05, 4.69) is 22.5 Å². The molecule has 1 atom stereocenters. The summed E-state index contributed by atoms with van der Waals surface area (Å²) in [5.74, 6) is 1.73. The fourth-order valence-electron chi connectivity index (χ4n) is 2.97. The van der Waals surface area contributed by atoms with Gasteiger partial charge in [0.25, 0.3) is 0 Å². The van der Waals surface area contributed by atoms with E-state index in [1.165, 1.54) is 25.9 Å². The molecule has 1 aliphatic heterocycles. The van der Waals surface area contributed by atoms with Crippen molar-refractivity contribution >= 4 is 23.0 Å². The molecule has 4 nitrogen and oxygen atoms in total. The van der Waals surface area contributed by atoms with Crippen molar-refractivity contribution < 1.29 is 4.74 Å². The van der Waals surface area contributed by atoms with Gasteiger partial charge in [0.2, 0.25) is 0 Å². The van der Waals surface area contributed by atoms with Crippen LogP contribution in [0.15, 0.2) is 24.3 Å². The number of anilines is 1. The van der Waals surface area contributed by atoms with E-state index < -0.39 is 0 Å². The van der Waals surface area contributed by atoms with Gasteiger partial charge < -0.3 is 20.3 Å². The molecule has 0 spiro atoms. The van der Waals surface area contributed by atoms with E-state index in [4.69, 9.17) is 17.0 Å². The average Bonchev–Trinajstić information content (AvgIpc) is 2.54. The summed E-state index contributed by atoms with van der Waals surface area (Å²) in [7, 11) is 0. The van der Waals surface area contributed by atoms with E-state index in [0.717, 1.165) is 36.9 Å². The molecule has 2 rings (SSSR count). The highest BCUT2D eigenvalue weighted by molar-refractivity contribution is 7.80. The summed E-state index contributed by atoms with van der Waals surface area (Å²) in [5, 5.41) is 7.17. The van der Waals surface area contributed by atoms with E-state index in [0.29, 0.717) is 11.7 Å². The average molecular weight is 336 g/mol. The van der Waals surface area contributed by atoms with Crippen LogP contribution < -0.4 is 15.4 Å². The van der Waals surface area contributed by atoms with Crippen LogP contribution in [0.1, 0.15) is 33.1 Å². The second-order valence-corrected chi connectivity index (χ2v) is 6.65. The number of nitrogens with one attached hydrogen (secondary N) is 2. The van der Waals surface area contributed by atoms with Crippen LogP contribution in [0.25, 0.3) is 0 Å². The Morgan fingerprint density at radius 3 is 2.83 bits per heavy atom. The van der Waals surface area contributed by atoms with Gasteiger partial charge in [-0.3, -0.25) is 0 Å². The summed E-state index contributed by atoms with van der Waals surface area (Å²) in [6, 6.07) is 7.86. The van der Waals surface area contributed by atoms with Crippen molar-refractivity contribution in [2.45, 2.75) is 33.1 Å². The molecule has 0 saturated carbocycles. The van der Waals surface area contributed by atoms with Gasteiger partial charge in [0.15, 0.2) is 5.11 Å². The Hall–Kier alpha value is -1.33. The molecule has 0 bridgehead atoms. The molecule has 1 aromatic carbocycles. The first-order valence-corrected chi connectivity index (χ1v) is 9.08. The minimum atomic E-state index is 0.682. The first-order chi connectivity index (χ1) is 11.2. The lowest BCUT2D eigenvalue weighted by atomic mass is 10.0. The van der Waals surface area contributed by atoms with Crippen LogP contribution in [0.4, 0.5) is 5.69 Å². The number of rotatable bonds is 7. The number of piperidine rings is 1. The molecule has 1 aliphatic rings. The molecule has 5 heteroatoms. The number of hydrogen-bond acceptors (Lipinski definition) is 3. The highest BCUT2D eigenvalue weighted by Crippen LogP contribution is 2.16. The molecule has 2 N–H and O–H groups in total. The fraction of sp³-hybridized carbons (Fsp3) is 0.611. The van der Waals surface area contributed by atoms with E-state index in [1.54, 1.807) is 0 Å². The maximum Gasteiger partial charge on any atom is 0.170 e. The van der Waals surface area contributed by atoms with Gasteiger partial charge >= 0.3 is 0 Å². The van der Waals surface area contributed by atoms with Gasteiger partial charge in [-0.2, -0.15) is 0 Å². The van der Waals surface area contributed by atoms with Crippen molar-refractivity contribution in [1.82, 2.24) is 10.2 Å². The Morgan fingerprint density at radius 1 is 1.35 bits per heavy atom. The van der Waals surface area contributed by atoms with Crippen molar-refractivity contribution in [2.24, 2.45) is 5.92 Å². The number of thiocarbonyl (C=S) groups is 1. The molecule has 128 valence electrons. The summed E-state index contributed by atoms with van der Waals surface area (Å²) in [4.78, 5) is 2.57. The Bertz CT molecular complexity index is 478. The number of benzene rings is 1. The molecule has 23 heavy (non-hydrogen) atoms. The number of nitrogens with zero attached hydrogens (tertiary/aromatic N) is 1. The second-order valence-electron chi connectivity index (χ2n) is 6.24. The third kappa shape index (κ3) is 6.75. The Labute approximate surface area is 145 Å². The van der Waals surface area contributed by atoms with E-state index >= 15 is 0 Å². The van der Waals surface area contributed by atoms with Crippen molar-refractivity contribution in [2.75, 3.05) is 38.1 Å². The molecule has 0 amide bonds. The van der Waals surface area contributed by atoms with E-state index in [-0.39, 0.29) is 0 Å². The predicted octanol–water partition coefficient (Wildman–Crippen LogP) is 3.49. The summed E-state index contributed by atoms with van der Waals surface area (Å²) in [6.45, 7) is 9.57. The van der Waals surface area contributed by atoms with Crippen molar-refractivity contribution in [3.63, 3.8) is 0 Å². The first kappa shape index (κ1) is 18.0. The molecule has 0 unspecified atom stereocenters. The van der Waals surface area contributed by atoms with Gasteiger partial charge in [0.1, 0.15) is 5.75 Å². The van der Waals surface area contributed by atoms with Crippen molar-refractivity contribution in [3.8, 4) is 5.75 Å². The zero-order chi connectivity index (χ0) is 16.5. The standard InChI is InChI=1S/C18H29N3OS/c1-3-22-17-9-7-16(8-10-17)20-18(23)19-11-5-13-21-12-4-6-15(2)14-21/h7-10,15H,3-6,11-14H2,1-2H3,(H2,19,20,23)/t15-/m0/s1. The van der Waals surface area contributed by atoms with E-state index in [1.807, 2.05) is 31.2 Å². The third-order valence-electron chi connectivity index (χ3n) is 4.10. The molecule has 0 radical (unpaired) electrons. The second kappa shape index (κ2) is 9.73. The van der Waals surface area contributed by atoms with Crippen LogP contribution in [0.3, 0.4) is 0 Å². The van der Waals surface area contributed by atoms with Gasteiger partial charge in [0.05, 0.1) is 6.61 Å². The summed E-state index contributed by atoms with van der Waals surface area (Å²) >= 11 is 5.34. The van der Waals surface area contributed by atoms with Crippen LogP contribution in [0.5, 0.6) is 5.75 Å². The first-order valence-electron chi connectivity index (χ1n) is 8.67. The normalized spacial score (nSPS) is 18.4. The summed E-state index contributed by atoms with van der Waals surface area (Å²) in [6.07, 6.45) is 3.84. The number of hydrogen-bond donors (Lipinski definition) is 2. The molecule has 1 heterocycles.